The summed E-state index contributed by atoms with van der Waals surface area (Å²) in [6.45, 7) is 4.40. The number of hydrogen-bond donors (Lipinski definition) is 0. The Labute approximate surface area is 121 Å². The fourth-order valence-corrected chi connectivity index (χ4v) is 2.78. The van der Waals surface area contributed by atoms with Crippen molar-refractivity contribution in [2.45, 2.75) is 52.4 Å². The van der Waals surface area contributed by atoms with E-state index < -0.39 is 0 Å². The van der Waals surface area contributed by atoms with Gasteiger partial charge in [0.15, 0.2) is 0 Å². The number of carbonyl (C=O) groups is 1. The second-order valence-corrected chi connectivity index (χ2v) is 5.46. The van der Waals surface area contributed by atoms with Crippen molar-refractivity contribution in [1.29, 1.82) is 0 Å². The Balaban J connectivity index is 2.39. The van der Waals surface area contributed by atoms with Crippen LogP contribution in [0, 0.1) is 6.92 Å². The molecule has 0 unspecified atom stereocenters. The van der Waals surface area contributed by atoms with Gasteiger partial charge in [-0.2, -0.15) is 0 Å². The predicted octanol–water partition coefficient (Wildman–Crippen LogP) is 4.67. The van der Waals surface area contributed by atoms with Gasteiger partial charge in [-0.1, -0.05) is 42.7 Å². The van der Waals surface area contributed by atoms with Crippen LogP contribution in [0.4, 0.5) is 0 Å². The van der Waals surface area contributed by atoms with Crippen molar-refractivity contribution in [2.24, 2.45) is 0 Å². The first-order valence-electron chi connectivity index (χ1n) is 7.68. The second-order valence-electron chi connectivity index (χ2n) is 5.46. The summed E-state index contributed by atoms with van der Waals surface area (Å²) in [5.41, 5.74) is 4.52. The van der Waals surface area contributed by atoms with Crippen molar-refractivity contribution >= 4 is 11.5 Å². The van der Waals surface area contributed by atoms with Gasteiger partial charge in [-0.15, -0.1) is 0 Å². The van der Waals surface area contributed by atoms with Gasteiger partial charge in [0.05, 0.1) is 6.61 Å². The van der Waals surface area contributed by atoms with Gasteiger partial charge in [-0.3, -0.25) is 0 Å². The molecular formula is C18H24O2. The van der Waals surface area contributed by atoms with E-state index in [9.17, 15) is 4.79 Å². The smallest absolute Gasteiger partial charge is 0.334 e. The van der Waals surface area contributed by atoms with Crippen LogP contribution in [-0.4, -0.2) is 12.6 Å². The molecule has 0 fully saturated rings. The molecule has 0 heterocycles. The molecule has 20 heavy (non-hydrogen) atoms. The van der Waals surface area contributed by atoms with Gasteiger partial charge in [0.2, 0.25) is 0 Å². The summed E-state index contributed by atoms with van der Waals surface area (Å²) in [6, 6.07) is 8.49. The summed E-state index contributed by atoms with van der Waals surface area (Å²) in [4.78, 5) is 12.2. The number of aryl methyl sites for hydroxylation is 1. The molecule has 108 valence electrons. The number of carbonyl (C=O) groups excluding carboxylic acids is 1. The molecule has 0 spiro atoms. The van der Waals surface area contributed by atoms with E-state index in [0.29, 0.717) is 6.61 Å². The molecule has 0 bridgehead atoms. The highest BCUT2D eigenvalue weighted by Crippen LogP contribution is 2.31. The van der Waals surface area contributed by atoms with Crippen molar-refractivity contribution < 1.29 is 9.53 Å². The summed E-state index contributed by atoms with van der Waals surface area (Å²) in [5.74, 6) is -0.120. The van der Waals surface area contributed by atoms with Crippen LogP contribution < -0.4 is 0 Å². The van der Waals surface area contributed by atoms with Crippen LogP contribution in [0.5, 0.6) is 0 Å². The average molecular weight is 272 g/mol. The SMILES string of the molecule is CCOC(=O)C1=C(c2ccc(C)cc2)CCCCCC1. The Morgan fingerprint density at radius 3 is 2.35 bits per heavy atom. The maximum absolute atomic E-state index is 12.2. The molecule has 0 saturated heterocycles. The summed E-state index contributed by atoms with van der Waals surface area (Å²) >= 11 is 0. The Bertz CT molecular complexity index is 483. The minimum atomic E-state index is -0.120. The molecular weight excluding hydrogens is 248 g/mol. The van der Waals surface area contributed by atoms with Crippen LogP contribution in [0.15, 0.2) is 29.8 Å². The topological polar surface area (TPSA) is 26.3 Å². The molecule has 1 aliphatic carbocycles. The molecule has 1 aromatic carbocycles. The summed E-state index contributed by atoms with van der Waals surface area (Å²) in [5, 5.41) is 0. The lowest BCUT2D eigenvalue weighted by molar-refractivity contribution is -0.138. The van der Waals surface area contributed by atoms with Crippen LogP contribution in [0.3, 0.4) is 0 Å². The maximum Gasteiger partial charge on any atom is 0.334 e. The first-order chi connectivity index (χ1) is 9.72. The van der Waals surface area contributed by atoms with E-state index in [-0.39, 0.29) is 5.97 Å². The summed E-state index contributed by atoms with van der Waals surface area (Å²) in [6.07, 6.45) is 6.55. The van der Waals surface area contributed by atoms with Crippen molar-refractivity contribution in [3.63, 3.8) is 0 Å². The van der Waals surface area contributed by atoms with E-state index >= 15 is 0 Å². The highest BCUT2D eigenvalue weighted by atomic mass is 16.5. The highest BCUT2D eigenvalue weighted by molar-refractivity contribution is 5.97. The zero-order valence-electron chi connectivity index (χ0n) is 12.6. The maximum atomic E-state index is 12.2. The van der Waals surface area contributed by atoms with E-state index in [1.54, 1.807) is 0 Å². The van der Waals surface area contributed by atoms with E-state index in [4.69, 9.17) is 4.74 Å². The molecule has 0 aromatic heterocycles. The van der Waals surface area contributed by atoms with Crippen molar-refractivity contribution in [1.82, 2.24) is 0 Å². The van der Waals surface area contributed by atoms with Crippen LogP contribution in [-0.2, 0) is 9.53 Å². The lowest BCUT2D eigenvalue weighted by atomic mass is 9.89. The quantitative estimate of drug-likeness (QED) is 0.748. The van der Waals surface area contributed by atoms with Gasteiger partial charge in [-0.25, -0.2) is 4.79 Å². The van der Waals surface area contributed by atoms with Crippen LogP contribution in [0.25, 0.3) is 5.57 Å². The summed E-state index contributed by atoms with van der Waals surface area (Å²) in [7, 11) is 0. The van der Waals surface area contributed by atoms with Gasteiger partial charge in [-0.05, 0) is 50.7 Å². The van der Waals surface area contributed by atoms with Crippen molar-refractivity contribution in [3.05, 3.63) is 41.0 Å². The average Bonchev–Trinajstić information content (AvgIpc) is 2.40. The van der Waals surface area contributed by atoms with Crippen molar-refractivity contribution in [2.75, 3.05) is 6.61 Å². The molecule has 2 rings (SSSR count). The van der Waals surface area contributed by atoms with E-state index in [0.717, 1.165) is 31.3 Å². The minimum Gasteiger partial charge on any atom is -0.463 e. The molecule has 1 aromatic rings. The van der Waals surface area contributed by atoms with Crippen LogP contribution in [0.2, 0.25) is 0 Å². The van der Waals surface area contributed by atoms with E-state index in [2.05, 4.69) is 31.2 Å². The van der Waals surface area contributed by atoms with Gasteiger partial charge in [0.1, 0.15) is 0 Å². The standard InChI is InChI=1S/C18H24O2/c1-3-20-18(19)17-9-7-5-4-6-8-16(17)15-12-10-14(2)11-13-15/h10-13H,3-9H2,1-2H3. The van der Waals surface area contributed by atoms with Crippen LogP contribution >= 0.6 is 0 Å². The largest absolute Gasteiger partial charge is 0.463 e. The highest BCUT2D eigenvalue weighted by Gasteiger charge is 2.19. The van der Waals surface area contributed by atoms with E-state index in [1.165, 1.54) is 29.5 Å². The second kappa shape index (κ2) is 7.28. The molecule has 0 saturated carbocycles. The Kier molecular flexibility index (Phi) is 5.40. The van der Waals surface area contributed by atoms with E-state index in [1.807, 2.05) is 6.92 Å². The normalized spacial score (nSPS) is 16.5. The molecule has 0 radical (unpaired) electrons. The third kappa shape index (κ3) is 3.72. The zero-order valence-corrected chi connectivity index (χ0v) is 12.6. The number of allylic oxidation sites excluding steroid dienone is 1. The molecule has 1 aliphatic rings. The first-order valence-corrected chi connectivity index (χ1v) is 7.68. The lowest BCUT2D eigenvalue weighted by Crippen LogP contribution is -2.11. The Morgan fingerprint density at radius 2 is 1.70 bits per heavy atom. The van der Waals surface area contributed by atoms with Gasteiger partial charge >= 0.3 is 5.97 Å². The van der Waals surface area contributed by atoms with Gasteiger partial charge in [0, 0.05) is 5.57 Å². The zero-order chi connectivity index (χ0) is 14.4. The number of rotatable bonds is 3. The molecule has 0 N–H and O–H groups in total. The fourth-order valence-electron chi connectivity index (χ4n) is 2.78. The number of esters is 1. The molecule has 0 amide bonds. The number of benzene rings is 1. The molecule has 0 atom stereocenters. The fraction of sp³-hybridized carbons (Fsp3) is 0.500. The molecule has 0 aliphatic heterocycles. The first kappa shape index (κ1) is 14.8. The van der Waals surface area contributed by atoms with Gasteiger partial charge < -0.3 is 4.74 Å². The Hall–Kier alpha value is -1.57. The minimum absolute atomic E-state index is 0.120. The predicted molar refractivity (Wildman–Crippen MR) is 82.4 cm³/mol. The molecule has 2 heteroatoms. The van der Waals surface area contributed by atoms with Gasteiger partial charge in [0.25, 0.3) is 0 Å². The lowest BCUT2D eigenvalue weighted by Gasteiger charge is -2.18. The third-order valence-corrected chi connectivity index (χ3v) is 3.89. The number of hydrogen-bond acceptors (Lipinski definition) is 2. The monoisotopic (exact) mass is 272 g/mol. The summed E-state index contributed by atoms with van der Waals surface area (Å²) < 4.78 is 5.26. The van der Waals surface area contributed by atoms with Crippen LogP contribution in [0.1, 0.15) is 56.6 Å². The van der Waals surface area contributed by atoms with Crippen molar-refractivity contribution in [3.8, 4) is 0 Å². The third-order valence-electron chi connectivity index (χ3n) is 3.89. The number of ether oxygens (including phenoxy) is 1. The Morgan fingerprint density at radius 1 is 1.05 bits per heavy atom. The molecule has 2 nitrogen and oxygen atoms in total.